The lowest BCUT2D eigenvalue weighted by atomic mass is 10.1. The van der Waals surface area contributed by atoms with Crippen molar-refractivity contribution in [2.24, 2.45) is 5.73 Å². The molecule has 1 aromatic heterocycles. The molecule has 220 valence electrons. The van der Waals surface area contributed by atoms with Crippen molar-refractivity contribution in [1.29, 1.82) is 0 Å². The zero-order valence-corrected chi connectivity index (χ0v) is 23.8. The Balaban J connectivity index is 1.63. The van der Waals surface area contributed by atoms with E-state index in [1.54, 1.807) is 66.7 Å². The van der Waals surface area contributed by atoms with E-state index >= 15 is 0 Å². The van der Waals surface area contributed by atoms with E-state index in [0.717, 1.165) is 0 Å². The van der Waals surface area contributed by atoms with Gasteiger partial charge in [0.1, 0.15) is 17.4 Å². The maximum Gasteiger partial charge on any atom is 0.336 e. The molecule has 0 aliphatic carbocycles. The van der Waals surface area contributed by atoms with Crippen molar-refractivity contribution >= 4 is 45.8 Å². The molecule has 4 aromatic rings. The summed E-state index contributed by atoms with van der Waals surface area (Å²) >= 11 is 0. The molecule has 0 saturated carbocycles. The molecule has 11 nitrogen and oxygen atoms in total. The Hall–Kier alpha value is -5.29. The first-order chi connectivity index (χ1) is 20.6. The molecule has 43 heavy (non-hydrogen) atoms. The molecular formula is C32H30N4O7. The number of ether oxygens (including phenoxy) is 1. The van der Waals surface area contributed by atoms with E-state index in [9.17, 15) is 24.0 Å². The number of benzene rings is 3. The average molecular weight is 583 g/mol. The minimum absolute atomic E-state index is 0.0653. The normalized spacial score (nSPS) is 15.4. The number of hydrogen-bond acceptors (Lipinski definition) is 8. The highest BCUT2D eigenvalue weighted by atomic mass is 16.5. The number of nitrogens with one attached hydrogen (secondary N) is 1. The smallest absolute Gasteiger partial charge is 0.336 e. The van der Waals surface area contributed by atoms with E-state index in [1.165, 1.54) is 36.8 Å². The Kier molecular flexibility index (Phi) is 8.09. The van der Waals surface area contributed by atoms with Gasteiger partial charge in [0, 0.05) is 28.6 Å². The number of nitrogens with zero attached hydrogens (tertiary/aromatic N) is 2. The number of fused-ring (bicyclic) bond motifs is 2. The van der Waals surface area contributed by atoms with E-state index < -0.39 is 35.4 Å². The maximum absolute atomic E-state index is 14.2. The zero-order chi connectivity index (χ0) is 30.8. The van der Waals surface area contributed by atoms with Crippen LogP contribution in [0.2, 0.25) is 0 Å². The number of amides is 3. The van der Waals surface area contributed by atoms with E-state index in [1.807, 2.05) is 0 Å². The first-order valence-corrected chi connectivity index (χ1v) is 13.6. The number of ketones is 1. The topological polar surface area (TPSA) is 152 Å². The van der Waals surface area contributed by atoms with Crippen LogP contribution in [0.5, 0.6) is 5.75 Å². The standard InChI is InChI=1S/C32H30N4O7/c1-18(33)30(39)34-25-17-36(31(40)21-10-8-20(9-11-21)19(2)37)27-7-5-4-6-26(27)35(32(25)41)16-22-14-29(38)43-28-15-23(42-3)12-13-24(22)28/h4-15,18,25H,16-17,33H2,1-3H3,(H,34,39)/t18-,25-/m0/s1. The summed E-state index contributed by atoms with van der Waals surface area (Å²) < 4.78 is 10.7. The van der Waals surface area contributed by atoms with Crippen molar-refractivity contribution in [2.75, 3.05) is 23.5 Å². The summed E-state index contributed by atoms with van der Waals surface area (Å²) in [5.74, 6) is -1.15. The van der Waals surface area contributed by atoms with Crippen LogP contribution < -0.4 is 31.2 Å². The van der Waals surface area contributed by atoms with Gasteiger partial charge in [-0.1, -0.05) is 24.3 Å². The van der Waals surface area contributed by atoms with Gasteiger partial charge < -0.3 is 30.0 Å². The molecule has 2 atom stereocenters. The summed E-state index contributed by atoms with van der Waals surface area (Å²) in [6.45, 7) is 2.67. The van der Waals surface area contributed by atoms with Crippen LogP contribution in [0, 0.1) is 0 Å². The number of methoxy groups -OCH3 is 1. The van der Waals surface area contributed by atoms with Crippen molar-refractivity contribution in [2.45, 2.75) is 32.5 Å². The van der Waals surface area contributed by atoms with Gasteiger partial charge in [0.2, 0.25) is 5.91 Å². The predicted molar refractivity (Wildman–Crippen MR) is 160 cm³/mol. The first kappa shape index (κ1) is 29.2. The molecule has 0 fully saturated rings. The summed E-state index contributed by atoms with van der Waals surface area (Å²) in [4.78, 5) is 68.0. The summed E-state index contributed by atoms with van der Waals surface area (Å²) in [7, 11) is 1.50. The van der Waals surface area contributed by atoms with Gasteiger partial charge in [0.15, 0.2) is 5.78 Å². The highest BCUT2D eigenvalue weighted by molar-refractivity contribution is 6.13. The minimum Gasteiger partial charge on any atom is -0.497 e. The van der Waals surface area contributed by atoms with Crippen molar-refractivity contribution < 1.29 is 28.3 Å². The third-order valence-corrected chi connectivity index (χ3v) is 7.27. The molecule has 5 rings (SSSR count). The summed E-state index contributed by atoms with van der Waals surface area (Å²) in [6, 6.07) is 17.3. The van der Waals surface area contributed by atoms with Gasteiger partial charge in [-0.25, -0.2) is 4.79 Å². The molecule has 3 amide bonds. The van der Waals surface area contributed by atoms with Gasteiger partial charge in [0.05, 0.1) is 37.6 Å². The number of hydrogen-bond donors (Lipinski definition) is 2. The molecule has 0 radical (unpaired) electrons. The molecule has 0 bridgehead atoms. The summed E-state index contributed by atoms with van der Waals surface area (Å²) in [6.07, 6.45) is 0. The Morgan fingerprint density at radius 1 is 1.00 bits per heavy atom. The minimum atomic E-state index is -1.17. The van der Waals surface area contributed by atoms with Crippen LogP contribution in [0.4, 0.5) is 11.4 Å². The van der Waals surface area contributed by atoms with Crippen molar-refractivity contribution in [3.05, 3.63) is 99.9 Å². The van der Waals surface area contributed by atoms with Gasteiger partial charge in [-0.3, -0.25) is 19.2 Å². The van der Waals surface area contributed by atoms with E-state index in [2.05, 4.69) is 5.32 Å². The number of carbonyl (C=O) groups is 4. The lowest BCUT2D eigenvalue weighted by Crippen LogP contribution is -2.55. The zero-order valence-electron chi connectivity index (χ0n) is 23.8. The van der Waals surface area contributed by atoms with Crippen molar-refractivity contribution in [3.63, 3.8) is 0 Å². The van der Waals surface area contributed by atoms with Crippen molar-refractivity contribution in [1.82, 2.24) is 5.32 Å². The fourth-order valence-corrected chi connectivity index (χ4v) is 4.99. The van der Waals surface area contributed by atoms with Crippen LogP contribution in [-0.2, 0) is 16.1 Å². The number of Topliss-reactive ketones (excluding diaryl/α,β-unsaturated/α-hetero) is 1. The number of carbonyl (C=O) groups excluding carboxylic acids is 4. The second-order valence-electron chi connectivity index (χ2n) is 10.3. The van der Waals surface area contributed by atoms with E-state index in [-0.39, 0.29) is 24.5 Å². The van der Waals surface area contributed by atoms with Gasteiger partial charge in [-0.15, -0.1) is 0 Å². The quantitative estimate of drug-likeness (QED) is 0.249. The third kappa shape index (κ3) is 5.88. The monoisotopic (exact) mass is 582 g/mol. The number of anilines is 2. The first-order valence-electron chi connectivity index (χ1n) is 13.6. The Morgan fingerprint density at radius 2 is 1.67 bits per heavy atom. The van der Waals surface area contributed by atoms with E-state index in [4.69, 9.17) is 14.9 Å². The lowest BCUT2D eigenvalue weighted by Gasteiger charge is -2.26. The van der Waals surface area contributed by atoms with Crippen molar-refractivity contribution in [3.8, 4) is 5.75 Å². The second kappa shape index (κ2) is 11.9. The largest absolute Gasteiger partial charge is 0.497 e. The van der Waals surface area contributed by atoms with Crippen LogP contribution in [0.3, 0.4) is 0 Å². The van der Waals surface area contributed by atoms with Crippen LogP contribution in [0.25, 0.3) is 11.0 Å². The Morgan fingerprint density at radius 3 is 2.33 bits per heavy atom. The number of rotatable bonds is 7. The summed E-state index contributed by atoms with van der Waals surface area (Å²) in [5, 5.41) is 3.28. The molecule has 0 saturated heterocycles. The average Bonchev–Trinajstić information content (AvgIpc) is 3.11. The lowest BCUT2D eigenvalue weighted by molar-refractivity contribution is -0.127. The summed E-state index contributed by atoms with van der Waals surface area (Å²) in [5.41, 5.74) is 7.53. The molecule has 3 aromatic carbocycles. The molecule has 11 heteroatoms. The van der Waals surface area contributed by atoms with Crippen LogP contribution >= 0.6 is 0 Å². The SMILES string of the molecule is COc1ccc2c(CN3C(=O)[C@@H](NC(=O)[C@H](C)N)CN(C(=O)c4ccc(C(C)=O)cc4)c4ccccc43)cc(=O)oc2c1. The van der Waals surface area contributed by atoms with Crippen LogP contribution in [-0.4, -0.2) is 49.2 Å². The number of nitrogens with two attached hydrogens (primary N) is 1. The van der Waals surface area contributed by atoms with Gasteiger partial charge in [-0.05, 0) is 55.8 Å². The second-order valence-corrected chi connectivity index (χ2v) is 10.3. The van der Waals surface area contributed by atoms with Gasteiger partial charge in [-0.2, -0.15) is 0 Å². The third-order valence-electron chi connectivity index (χ3n) is 7.27. The molecule has 1 aliphatic rings. The molecule has 0 spiro atoms. The molecule has 1 aliphatic heterocycles. The van der Waals surface area contributed by atoms with Gasteiger partial charge in [0.25, 0.3) is 11.8 Å². The van der Waals surface area contributed by atoms with E-state index in [0.29, 0.717) is 39.2 Å². The Bertz CT molecular complexity index is 1800. The van der Waals surface area contributed by atoms with Crippen LogP contribution in [0.1, 0.15) is 40.1 Å². The number of para-hydroxylation sites is 2. The Labute approximate surface area is 246 Å². The van der Waals surface area contributed by atoms with Gasteiger partial charge >= 0.3 is 5.63 Å². The highest BCUT2D eigenvalue weighted by Crippen LogP contribution is 2.36. The highest BCUT2D eigenvalue weighted by Gasteiger charge is 2.37. The fourth-order valence-electron chi connectivity index (χ4n) is 4.99. The molecule has 3 N–H and O–H groups in total. The molecular weight excluding hydrogens is 552 g/mol. The molecule has 2 heterocycles. The maximum atomic E-state index is 14.2. The van der Waals surface area contributed by atoms with Crippen LogP contribution in [0.15, 0.2) is 82.0 Å². The fraction of sp³-hybridized carbons (Fsp3) is 0.219. The predicted octanol–water partition coefficient (Wildman–Crippen LogP) is 3.03. The molecule has 0 unspecified atom stereocenters.